The summed E-state index contributed by atoms with van der Waals surface area (Å²) in [5, 5.41) is 23.8. The molecule has 1 aromatic carbocycles. The number of oxime groups is 1. The first-order chi connectivity index (χ1) is 21.4. The van der Waals surface area contributed by atoms with Gasteiger partial charge in [-0.25, -0.2) is 4.79 Å². The topological polar surface area (TPSA) is 119 Å². The Balaban J connectivity index is 2.00. The average Bonchev–Trinajstić information content (AvgIpc) is 3.04. The lowest BCUT2D eigenvalue weighted by molar-refractivity contribution is -0.253. The second-order valence-corrected chi connectivity index (χ2v) is 11.6. The number of nitrogens with zero attached hydrogens (tertiary/aromatic N) is 2. The van der Waals surface area contributed by atoms with Crippen LogP contribution in [0.1, 0.15) is 56.4 Å². The van der Waals surface area contributed by atoms with Crippen LogP contribution in [0.15, 0.2) is 60.3 Å². The Morgan fingerprint density at radius 3 is 2.50 bits per heavy atom. The molecule has 242 valence electrons. The predicted molar refractivity (Wildman–Crippen MR) is 168 cm³/mol. The van der Waals surface area contributed by atoms with Crippen molar-refractivity contribution < 1.29 is 38.8 Å². The number of fused-ring (bicyclic) bond motifs is 2. The van der Waals surface area contributed by atoms with Gasteiger partial charge in [-0.15, -0.1) is 6.58 Å². The molecule has 10 heteroatoms. The third-order valence-electron chi connectivity index (χ3n) is 9.14. The van der Waals surface area contributed by atoms with E-state index in [1.54, 1.807) is 19.2 Å². The fourth-order valence-electron chi connectivity index (χ4n) is 7.35. The van der Waals surface area contributed by atoms with Crippen molar-refractivity contribution in [1.82, 2.24) is 4.90 Å². The molecule has 1 fully saturated rings. The second kappa shape index (κ2) is 15.6. The fourth-order valence-corrected chi connectivity index (χ4v) is 7.35. The Kier molecular flexibility index (Phi) is 11.9. The Morgan fingerprint density at radius 1 is 1.11 bits per heavy atom. The van der Waals surface area contributed by atoms with Crippen LogP contribution in [0.4, 0.5) is 4.79 Å². The van der Waals surface area contributed by atoms with E-state index in [4.69, 9.17) is 23.8 Å². The number of hydrogen-bond acceptors (Lipinski definition) is 9. The van der Waals surface area contributed by atoms with E-state index in [9.17, 15) is 15.0 Å². The van der Waals surface area contributed by atoms with E-state index in [2.05, 4.69) is 30.5 Å². The van der Waals surface area contributed by atoms with Gasteiger partial charge in [-0.05, 0) is 61.3 Å². The van der Waals surface area contributed by atoms with E-state index in [0.29, 0.717) is 37.4 Å². The molecule has 1 saturated carbocycles. The number of benzene rings is 1. The van der Waals surface area contributed by atoms with Crippen LogP contribution in [0, 0.1) is 17.8 Å². The van der Waals surface area contributed by atoms with Gasteiger partial charge in [-0.3, -0.25) is 0 Å². The highest BCUT2D eigenvalue weighted by Crippen LogP contribution is 2.61. The summed E-state index contributed by atoms with van der Waals surface area (Å²) in [6, 6.07) is 5.24. The highest BCUT2D eigenvalue weighted by atomic mass is 16.7. The van der Waals surface area contributed by atoms with Crippen molar-refractivity contribution in [2.45, 2.75) is 62.7 Å². The molecule has 0 spiro atoms. The summed E-state index contributed by atoms with van der Waals surface area (Å²) < 4.78 is 24.9. The molecule has 1 aliphatic heterocycles. The van der Waals surface area contributed by atoms with Crippen molar-refractivity contribution in [1.29, 1.82) is 0 Å². The van der Waals surface area contributed by atoms with Gasteiger partial charge in [0, 0.05) is 38.2 Å². The first-order valence-corrected chi connectivity index (χ1v) is 15.6. The number of allylic oxidation sites excluding steroid dienone is 1. The van der Waals surface area contributed by atoms with Crippen LogP contribution >= 0.6 is 0 Å². The quantitative estimate of drug-likeness (QED) is 0.148. The lowest BCUT2D eigenvalue weighted by atomic mass is 9.55. The van der Waals surface area contributed by atoms with Crippen molar-refractivity contribution in [2.75, 3.05) is 47.7 Å². The number of unbranched alkanes of at least 4 members (excludes halogenated alkanes) is 2. The highest BCUT2D eigenvalue weighted by molar-refractivity contribution is 6.02. The molecule has 1 amide bonds. The van der Waals surface area contributed by atoms with E-state index < -0.39 is 17.9 Å². The smallest absolute Gasteiger partial charge is 0.409 e. The molecular formula is C34H48N2O8. The first-order valence-electron chi connectivity index (χ1n) is 15.6. The number of rotatable bonds is 16. The SMILES string of the molecule is C=CCOc1ccc2c(c1)[C@H]1[C@H](CCCCO)[C@@H](CCCCO)C=C3C(=NOC)C[C@H](N(C)C(=O)OC)[C@@](OCC=C)(O2)[C@H]31. The maximum atomic E-state index is 13.1. The lowest BCUT2D eigenvalue weighted by Crippen LogP contribution is -2.69. The van der Waals surface area contributed by atoms with Crippen molar-refractivity contribution in [2.24, 2.45) is 22.9 Å². The molecule has 2 N–H and O–H groups in total. The van der Waals surface area contributed by atoms with E-state index in [-0.39, 0.29) is 43.5 Å². The summed E-state index contributed by atoms with van der Waals surface area (Å²) in [5.41, 5.74) is 2.71. The van der Waals surface area contributed by atoms with Crippen LogP contribution in [-0.2, 0) is 14.3 Å². The molecule has 6 atom stereocenters. The van der Waals surface area contributed by atoms with E-state index in [0.717, 1.165) is 42.5 Å². The number of aliphatic hydroxyl groups excluding tert-OH is 2. The molecular weight excluding hydrogens is 564 g/mol. The van der Waals surface area contributed by atoms with Crippen LogP contribution in [0.3, 0.4) is 0 Å². The summed E-state index contributed by atoms with van der Waals surface area (Å²) in [4.78, 5) is 20.0. The number of ether oxygens (including phenoxy) is 4. The Hall–Kier alpha value is -3.34. The van der Waals surface area contributed by atoms with Crippen LogP contribution in [0.25, 0.3) is 0 Å². The van der Waals surface area contributed by atoms with Crippen LogP contribution in [0.2, 0.25) is 0 Å². The van der Waals surface area contributed by atoms with Gasteiger partial charge in [-0.1, -0.05) is 42.8 Å². The normalized spacial score (nSPS) is 27.7. The van der Waals surface area contributed by atoms with Gasteiger partial charge in [0.15, 0.2) is 0 Å². The van der Waals surface area contributed by atoms with Crippen molar-refractivity contribution in [3.8, 4) is 11.5 Å². The highest BCUT2D eigenvalue weighted by Gasteiger charge is 2.65. The number of methoxy groups -OCH3 is 1. The number of carbonyl (C=O) groups excluding carboxylic acids is 1. The summed E-state index contributed by atoms with van der Waals surface area (Å²) in [7, 11) is 4.57. The summed E-state index contributed by atoms with van der Waals surface area (Å²) in [5.74, 6) is -0.0829. The lowest BCUT2D eigenvalue weighted by Gasteiger charge is -2.59. The minimum absolute atomic E-state index is 0.107. The molecule has 3 aliphatic rings. The number of carbonyl (C=O) groups is 1. The second-order valence-electron chi connectivity index (χ2n) is 11.6. The molecule has 0 saturated heterocycles. The average molecular weight is 613 g/mol. The molecule has 1 heterocycles. The zero-order valence-corrected chi connectivity index (χ0v) is 26.3. The van der Waals surface area contributed by atoms with Gasteiger partial charge < -0.3 is 38.9 Å². The predicted octanol–water partition coefficient (Wildman–Crippen LogP) is 5.21. The number of aliphatic hydroxyl groups is 2. The minimum atomic E-state index is -1.29. The zero-order chi connectivity index (χ0) is 31.7. The maximum absolute atomic E-state index is 13.1. The molecule has 0 radical (unpaired) electrons. The Morgan fingerprint density at radius 2 is 1.84 bits per heavy atom. The van der Waals surface area contributed by atoms with Crippen molar-refractivity contribution in [3.05, 3.63) is 60.7 Å². The monoisotopic (exact) mass is 612 g/mol. The fraction of sp³-hybridized carbons (Fsp3) is 0.588. The minimum Gasteiger partial charge on any atom is -0.490 e. The molecule has 0 aromatic heterocycles. The summed E-state index contributed by atoms with van der Waals surface area (Å²) >= 11 is 0. The van der Waals surface area contributed by atoms with Gasteiger partial charge in [0.1, 0.15) is 31.3 Å². The zero-order valence-electron chi connectivity index (χ0n) is 26.3. The van der Waals surface area contributed by atoms with E-state index in [1.165, 1.54) is 19.1 Å². The number of likely N-dealkylation sites (N-methyl/N-ethyl adjacent to an activating group) is 1. The van der Waals surface area contributed by atoms with E-state index >= 15 is 0 Å². The summed E-state index contributed by atoms with van der Waals surface area (Å²) in [6.45, 7) is 8.53. The largest absolute Gasteiger partial charge is 0.490 e. The Bertz CT molecular complexity index is 1220. The maximum Gasteiger partial charge on any atom is 0.409 e. The van der Waals surface area contributed by atoms with Gasteiger partial charge in [0.2, 0.25) is 5.79 Å². The molecule has 0 bridgehead atoms. The van der Waals surface area contributed by atoms with Gasteiger partial charge in [-0.2, -0.15) is 0 Å². The van der Waals surface area contributed by atoms with Crippen LogP contribution in [-0.4, -0.2) is 86.4 Å². The van der Waals surface area contributed by atoms with Gasteiger partial charge in [0.05, 0.1) is 25.3 Å². The van der Waals surface area contributed by atoms with Crippen LogP contribution in [0.5, 0.6) is 11.5 Å². The standard InChI is InChI=1S/C34H48N2O8/c1-6-18-42-24-14-15-29-27(21-24)31-25(13-9-11-17-38)23(12-8-10-16-37)20-26-28(35-41-5)22-30(36(3)33(39)40-4)34(44-29,32(26)31)43-19-7-2/h6-7,14-15,20-21,23,25,30-32,37-38H,1-2,8-13,16-19,22H2,3-5H3/t23-,25+,30-,31+,32+,34+/m0/s1. The van der Waals surface area contributed by atoms with Gasteiger partial charge in [0.25, 0.3) is 0 Å². The van der Waals surface area contributed by atoms with Crippen molar-refractivity contribution in [3.63, 3.8) is 0 Å². The third kappa shape index (κ3) is 6.67. The third-order valence-corrected chi connectivity index (χ3v) is 9.14. The van der Waals surface area contributed by atoms with Gasteiger partial charge >= 0.3 is 6.09 Å². The van der Waals surface area contributed by atoms with E-state index in [1.807, 2.05) is 12.1 Å². The summed E-state index contributed by atoms with van der Waals surface area (Å²) in [6.07, 6.45) is 10.4. The number of hydrogen-bond donors (Lipinski definition) is 2. The molecule has 4 rings (SSSR count). The molecule has 0 unspecified atom stereocenters. The Labute approximate surface area is 260 Å². The van der Waals surface area contributed by atoms with Crippen molar-refractivity contribution >= 4 is 11.8 Å². The molecule has 1 aromatic rings. The van der Waals surface area contributed by atoms with Crippen LogP contribution < -0.4 is 9.47 Å². The first kappa shape index (κ1) is 33.6. The molecule has 44 heavy (non-hydrogen) atoms. The molecule has 2 aliphatic carbocycles. The molecule has 10 nitrogen and oxygen atoms in total. The number of amides is 1.